The second-order valence-corrected chi connectivity index (χ2v) is 27.3. The van der Waals surface area contributed by atoms with Crippen LogP contribution in [0.1, 0.15) is 177 Å². The quantitative estimate of drug-likeness (QED) is 0.0574. The van der Waals surface area contributed by atoms with Gasteiger partial charge in [-0.2, -0.15) is 0 Å². The lowest BCUT2D eigenvalue weighted by molar-refractivity contribution is -0.290. The van der Waals surface area contributed by atoms with E-state index in [1.165, 1.54) is 24.3 Å². The zero-order valence-corrected chi connectivity index (χ0v) is 56.9. The number of rotatable bonds is 17. The number of aliphatic hydroxyl groups is 2. The number of carbonyl (C=O) groups excluding carboxylic acids is 2. The number of nitrogens with one attached hydrogen (secondary N) is 2. The minimum atomic E-state index is -1.19. The molecule has 5 aliphatic rings. The van der Waals surface area contributed by atoms with Gasteiger partial charge in [0.25, 0.3) is 0 Å². The van der Waals surface area contributed by atoms with Crippen molar-refractivity contribution in [2.75, 3.05) is 51.9 Å². The standard InChI is InChI=1S/C39H50FN5O3.C36H44FN5O5.CH4/c1-8-27-23-28(48-39(4,5)47-27)18-19-31-35(25-14-16-26(40)17-15-25)30-11-9-12-32-29(37(30)43-36(31)24(2)3)20-21-33(41-32)42-38(46)45-22-10-13-34(45)44(6)7;1-21(2)34-28(15-14-24(43)19-25(44)20-32(45)46)33(22-10-12-23(37)13-11-22)27-7-5-8-29-26(35(27)40-34)16-17-30(38-29)39-36(47)42-18-6-9-31(42)41(3)4;/h14-21,24,27-28,34H,8-13,22-23H2,1-7H3,(H,41,42,46);10-17,21,24-25,31,43-44H,5-9,18-20H2,1-4H3,(H,45,46)(H,38,39,47);1H4/b19-18+;15-14+;/t27-,28+,34?;24-,25-,31?;/m01./s1. The molecule has 4 amide bonds. The molecule has 96 heavy (non-hydrogen) atoms. The third kappa shape index (κ3) is 16.9. The first kappa shape index (κ1) is 72.4. The van der Waals surface area contributed by atoms with E-state index in [4.69, 9.17) is 34.5 Å². The lowest BCUT2D eigenvalue weighted by Gasteiger charge is -2.39. The lowest BCUT2D eigenvalue weighted by atomic mass is 9.86. The molecule has 20 heteroatoms. The number of ether oxygens (including phenoxy) is 2. The van der Waals surface area contributed by atoms with Gasteiger partial charge in [-0.05, 0) is 206 Å². The summed E-state index contributed by atoms with van der Waals surface area (Å²) in [6, 6.07) is 20.6. The molecule has 2 unspecified atom stereocenters. The highest BCUT2D eigenvalue weighted by Crippen LogP contribution is 2.45. The number of likely N-dealkylation sites (tertiary alicyclic amines) is 2. The van der Waals surface area contributed by atoms with E-state index in [9.17, 15) is 33.4 Å². The van der Waals surface area contributed by atoms with Gasteiger partial charge < -0.3 is 34.6 Å². The first-order valence-corrected chi connectivity index (χ1v) is 33.8. The number of amides is 4. The van der Waals surface area contributed by atoms with Crippen LogP contribution in [-0.4, -0.2) is 157 Å². The molecule has 5 N–H and O–H groups in total. The van der Waals surface area contributed by atoms with Crippen molar-refractivity contribution in [3.8, 4) is 44.8 Å². The summed E-state index contributed by atoms with van der Waals surface area (Å²) in [5, 5.41) is 35.8. The van der Waals surface area contributed by atoms with Gasteiger partial charge in [0.2, 0.25) is 0 Å². The summed E-state index contributed by atoms with van der Waals surface area (Å²) in [5.74, 6) is -1.30. The summed E-state index contributed by atoms with van der Waals surface area (Å²) in [4.78, 5) is 65.8. The molecule has 4 aromatic heterocycles. The van der Waals surface area contributed by atoms with Crippen molar-refractivity contribution >= 4 is 41.8 Å². The van der Waals surface area contributed by atoms with Gasteiger partial charge in [-0.1, -0.05) is 90.6 Å². The zero-order valence-electron chi connectivity index (χ0n) is 56.9. The maximum absolute atomic E-state index is 14.2. The summed E-state index contributed by atoms with van der Waals surface area (Å²) in [6.07, 6.45) is 15.0. The average Bonchev–Trinajstić information content (AvgIpc) is 1.20. The van der Waals surface area contributed by atoms with Gasteiger partial charge in [-0.25, -0.2) is 28.3 Å². The van der Waals surface area contributed by atoms with Crippen molar-refractivity contribution in [3.05, 3.63) is 142 Å². The number of hydrogen-bond donors (Lipinski definition) is 5. The number of benzene rings is 2. The fourth-order valence-electron chi connectivity index (χ4n) is 14.2. The van der Waals surface area contributed by atoms with E-state index in [-0.39, 0.29) is 73.9 Å². The van der Waals surface area contributed by atoms with Crippen LogP contribution in [0.5, 0.6) is 0 Å². The molecule has 0 bridgehead atoms. The molecule has 0 saturated carbocycles. The van der Waals surface area contributed by atoms with Crippen molar-refractivity contribution < 1.29 is 48.0 Å². The van der Waals surface area contributed by atoms with E-state index in [0.29, 0.717) is 31.0 Å². The molecule has 11 rings (SSSR count). The van der Waals surface area contributed by atoms with Crippen LogP contribution in [0.2, 0.25) is 0 Å². The van der Waals surface area contributed by atoms with Crippen LogP contribution in [0.15, 0.2) is 84.9 Å². The Bertz CT molecular complexity index is 3800. The Morgan fingerprint density at radius 3 is 1.54 bits per heavy atom. The molecular weight excluding hydrogens is 1220 g/mol. The number of pyridine rings is 4. The summed E-state index contributed by atoms with van der Waals surface area (Å²) in [7, 11) is 7.97. The van der Waals surface area contributed by atoms with Crippen molar-refractivity contribution in [1.82, 2.24) is 39.5 Å². The van der Waals surface area contributed by atoms with Crippen molar-refractivity contribution in [2.24, 2.45) is 0 Å². The van der Waals surface area contributed by atoms with Gasteiger partial charge in [0.05, 0.1) is 77.3 Å². The first-order chi connectivity index (χ1) is 45.4. The highest BCUT2D eigenvalue weighted by atomic mass is 19.1. The zero-order chi connectivity index (χ0) is 68.0. The molecule has 6 atom stereocenters. The number of aliphatic carboxylic acids is 1. The molecule has 3 saturated heterocycles. The number of carboxylic acids is 1. The first-order valence-electron chi connectivity index (χ1n) is 33.8. The van der Waals surface area contributed by atoms with E-state index < -0.39 is 30.4 Å². The number of aromatic nitrogens is 4. The summed E-state index contributed by atoms with van der Waals surface area (Å²) >= 11 is 0. The summed E-state index contributed by atoms with van der Waals surface area (Å²) in [5.41, 5.74) is 14.7. The number of carboxylic acid groups (broad SMARTS) is 1. The highest BCUT2D eigenvalue weighted by molar-refractivity contribution is 5.91. The maximum atomic E-state index is 14.2. The summed E-state index contributed by atoms with van der Waals surface area (Å²) in [6.45, 7) is 15.9. The predicted molar refractivity (Wildman–Crippen MR) is 375 cm³/mol. The molecule has 3 fully saturated rings. The molecule has 6 aromatic rings. The van der Waals surface area contributed by atoms with E-state index in [2.05, 4.69) is 59.4 Å². The predicted octanol–water partition coefficient (Wildman–Crippen LogP) is 14.7. The number of aryl methyl sites for hydroxylation is 2. The Morgan fingerprint density at radius 1 is 0.656 bits per heavy atom. The number of fused-ring (bicyclic) bond motifs is 6. The smallest absolute Gasteiger partial charge is 0.324 e. The lowest BCUT2D eigenvalue weighted by Crippen LogP contribution is -2.45. The van der Waals surface area contributed by atoms with Gasteiger partial charge in [-0.3, -0.25) is 35.2 Å². The molecule has 18 nitrogen and oxygen atoms in total. The van der Waals surface area contributed by atoms with Gasteiger partial charge in [-0.15, -0.1) is 0 Å². The number of urea groups is 2. The van der Waals surface area contributed by atoms with Crippen LogP contribution in [0.3, 0.4) is 0 Å². The van der Waals surface area contributed by atoms with Crippen LogP contribution in [-0.2, 0) is 40.0 Å². The molecule has 0 spiro atoms. The van der Waals surface area contributed by atoms with Crippen LogP contribution < -0.4 is 10.6 Å². The van der Waals surface area contributed by atoms with Gasteiger partial charge in [0, 0.05) is 48.2 Å². The minimum Gasteiger partial charge on any atom is -0.481 e. The minimum absolute atomic E-state index is 0. The molecule has 0 radical (unpaired) electrons. The molecule has 2 aromatic carbocycles. The van der Waals surface area contributed by atoms with Gasteiger partial charge >= 0.3 is 18.0 Å². The van der Waals surface area contributed by atoms with Crippen LogP contribution >= 0.6 is 0 Å². The number of hydrogen-bond acceptors (Lipinski definition) is 13. The molecule has 3 aliphatic heterocycles. The monoisotopic (exact) mass is 1320 g/mol. The topological polar surface area (TPSA) is 219 Å². The largest absolute Gasteiger partial charge is 0.481 e. The second-order valence-electron chi connectivity index (χ2n) is 27.3. The number of halogens is 2. The van der Waals surface area contributed by atoms with E-state index in [1.54, 1.807) is 24.3 Å². The van der Waals surface area contributed by atoms with E-state index in [1.807, 2.05) is 96.0 Å². The Labute approximate surface area is 565 Å². The Kier molecular flexibility index (Phi) is 23.8. The third-order valence-corrected chi connectivity index (χ3v) is 18.6. The van der Waals surface area contributed by atoms with E-state index >= 15 is 0 Å². The van der Waals surface area contributed by atoms with Crippen molar-refractivity contribution in [1.29, 1.82) is 0 Å². The van der Waals surface area contributed by atoms with Crippen LogP contribution in [0.25, 0.3) is 56.9 Å². The Hall–Kier alpha value is -7.85. The maximum Gasteiger partial charge on any atom is 0.324 e. The second kappa shape index (κ2) is 31.6. The molecule has 2 aliphatic carbocycles. The van der Waals surface area contributed by atoms with E-state index in [0.717, 1.165) is 161 Å². The normalized spacial score (nSPS) is 19.7. The molecule has 7 heterocycles. The number of aliphatic hydroxyl groups excluding tert-OH is 2. The van der Waals surface area contributed by atoms with Crippen molar-refractivity contribution in [3.63, 3.8) is 0 Å². The van der Waals surface area contributed by atoms with Crippen molar-refractivity contribution in [2.45, 2.75) is 200 Å². The number of carbonyl (C=O) groups is 3. The Balaban J connectivity index is 0.000000223. The van der Waals surface area contributed by atoms with Crippen LogP contribution in [0.4, 0.5) is 30.0 Å². The highest BCUT2D eigenvalue weighted by Gasteiger charge is 2.36. The van der Waals surface area contributed by atoms with Crippen LogP contribution in [0, 0.1) is 11.6 Å². The number of nitrogens with zero attached hydrogens (tertiary/aromatic N) is 8. The fraction of sp³-hybridized carbons (Fsp3) is 0.487. The Morgan fingerprint density at radius 2 is 1.11 bits per heavy atom. The molecular formula is C76H98F2N10O8. The fourth-order valence-corrected chi connectivity index (χ4v) is 14.2. The third-order valence-electron chi connectivity index (χ3n) is 18.6. The van der Waals surface area contributed by atoms with Gasteiger partial charge in [0.15, 0.2) is 5.79 Å². The molecule has 514 valence electrons. The number of anilines is 2. The van der Waals surface area contributed by atoms with Gasteiger partial charge in [0.1, 0.15) is 23.3 Å². The summed E-state index contributed by atoms with van der Waals surface area (Å²) < 4.78 is 40.8. The SMILES string of the molecule is C.CC(C)c1nc2c(c(-c3ccc(F)cc3)c1/C=C/[C@@H](O)C[C@@H](O)CC(=O)O)CCCc1nc(NC(=O)N3CCCC3N(C)C)ccc1-2.CC[C@H]1C[C@@H](/C=C/c2c(C(C)C)nc3c(c2-c2ccc(F)cc2)CCCc2nc(NC(=O)N4CCCC4N(C)C)ccc2-3)OC(C)(C)O1. The average molecular weight is 1320 g/mol.